The zero-order valence-corrected chi connectivity index (χ0v) is 17.6. The van der Waals surface area contributed by atoms with Crippen molar-refractivity contribution in [2.45, 2.75) is 25.9 Å². The minimum atomic E-state index is -4.51. The SMILES string of the molecule is CCOC(=O)/C=C/c1ccc(NC(=O)C2CCCN(c3ncccc3C(F)(F)F)C2)cc1. The van der Waals surface area contributed by atoms with Gasteiger partial charge in [-0.15, -0.1) is 0 Å². The van der Waals surface area contributed by atoms with E-state index in [0.717, 1.165) is 11.6 Å². The number of piperidine rings is 1. The highest BCUT2D eigenvalue weighted by molar-refractivity contribution is 5.93. The number of halogens is 3. The molecule has 1 aliphatic rings. The van der Waals surface area contributed by atoms with E-state index in [1.165, 1.54) is 23.2 Å². The number of rotatable bonds is 6. The first kappa shape index (κ1) is 23.3. The first-order chi connectivity index (χ1) is 15.3. The molecule has 3 rings (SSSR count). The van der Waals surface area contributed by atoms with Gasteiger partial charge in [-0.2, -0.15) is 13.2 Å². The molecule has 1 saturated heterocycles. The molecule has 2 heterocycles. The van der Waals surface area contributed by atoms with Crippen LogP contribution in [0.25, 0.3) is 6.08 Å². The number of hydrogen-bond acceptors (Lipinski definition) is 5. The summed E-state index contributed by atoms with van der Waals surface area (Å²) in [6.07, 6.45) is 0.906. The van der Waals surface area contributed by atoms with Crippen molar-refractivity contribution >= 4 is 29.5 Å². The Labute approximate surface area is 184 Å². The van der Waals surface area contributed by atoms with Gasteiger partial charge in [0.1, 0.15) is 5.82 Å². The Hall–Kier alpha value is -3.36. The summed E-state index contributed by atoms with van der Waals surface area (Å²) in [5.74, 6) is -1.30. The lowest BCUT2D eigenvalue weighted by Crippen LogP contribution is -2.42. The normalized spacial score (nSPS) is 16.8. The van der Waals surface area contributed by atoms with E-state index in [9.17, 15) is 22.8 Å². The third-order valence-corrected chi connectivity index (χ3v) is 5.06. The summed E-state index contributed by atoms with van der Waals surface area (Å²) in [7, 11) is 0. The van der Waals surface area contributed by atoms with Crippen LogP contribution in [0.5, 0.6) is 0 Å². The highest BCUT2D eigenvalue weighted by Gasteiger charge is 2.37. The van der Waals surface area contributed by atoms with Gasteiger partial charge in [0.25, 0.3) is 0 Å². The average Bonchev–Trinajstić information content (AvgIpc) is 2.78. The Kier molecular flexibility index (Phi) is 7.50. The van der Waals surface area contributed by atoms with E-state index in [4.69, 9.17) is 4.74 Å². The van der Waals surface area contributed by atoms with Gasteiger partial charge in [-0.25, -0.2) is 9.78 Å². The van der Waals surface area contributed by atoms with Crippen LogP contribution in [0.4, 0.5) is 24.7 Å². The largest absolute Gasteiger partial charge is 0.463 e. The number of carbonyl (C=O) groups excluding carboxylic acids is 2. The summed E-state index contributed by atoms with van der Waals surface area (Å²) >= 11 is 0. The van der Waals surface area contributed by atoms with Crippen LogP contribution in [0, 0.1) is 5.92 Å². The smallest absolute Gasteiger partial charge is 0.419 e. The zero-order valence-electron chi connectivity index (χ0n) is 17.6. The van der Waals surface area contributed by atoms with Crippen LogP contribution >= 0.6 is 0 Å². The van der Waals surface area contributed by atoms with Gasteiger partial charge < -0.3 is 15.0 Å². The Bertz CT molecular complexity index is 974. The number of pyridine rings is 1. The predicted octanol–water partition coefficient (Wildman–Crippen LogP) is 4.53. The molecule has 9 heteroatoms. The molecule has 0 bridgehead atoms. The van der Waals surface area contributed by atoms with Crippen LogP contribution in [0.2, 0.25) is 0 Å². The molecule has 1 unspecified atom stereocenters. The number of hydrogen-bond donors (Lipinski definition) is 1. The van der Waals surface area contributed by atoms with Gasteiger partial charge in [0.05, 0.1) is 18.1 Å². The van der Waals surface area contributed by atoms with Crippen molar-refractivity contribution in [1.82, 2.24) is 4.98 Å². The molecule has 1 amide bonds. The lowest BCUT2D eigenvalue weighted by Gasteiger charge is -2.34. The van der Waals surface area contributed by atoms with Crippen molar-refractivity contribution in [3.63, 3.8) is 0 Å². The van der Waals surface area contributed by atoms with E-state index in [2.05, 4.69) is 10.3 Å². The monoisotopic (exact) mass is 447 g/mol. The average molecular weight is 447 g/mol. The minimum absolute atomic E-state index is 0.143. The Balaban J connectivity index is 1.63. The van der Waals surface area contributed by atoms with E-state index in [0.29, 0.717) is 31.7 Å². The molecule has 2 aromatic rings. The molecule has 0 saturated carbocycles. The fraction of sp³-hybridized carbons (Fsp3) is 0.348. The number of ether oxygens (including phenoxy) is 1. The molecule has 1 atom stereocenters. The summed E-state index contributed by atoms with van der Waals surface area (Å²) in [6.45, 7) is 2.59. The second-order valence-corrected chi connectivity index (χ2v) is 7.35. The number of nitrogens with one attached hydrogen (secondary N) is 1. The summed E-state index contributed by atoms with van der Waals surface area (Å²) in [4.78, 5) is 29.6. The molecule has 1 aromatic carbocycles. The van der Waals surface area contributed by atoms with Crippen LogP contribution in [-0.2, 0) is 20.5 Å². The van der Waals surface area contributed by atoms with Crippen molar-refractivity contribution in [3.05, 3.63) is 59.8 Å². The van der Waals surface area contributed by atoms with Crippen LogP contribution in [0.15, 0.2) is 48.7 Å². The van der Waals surface area contributed by atoms with Crippen LogP contribution < -0.4 is 10.2 Å². The second-order valence-electron chi connectivity index (χ2n) is 7.35. The number of nitrogens with zero attached hydrogens (tertiary/aromatic N) is 2. The molecule has 0 spiro atoms. The van der Waals surface area contributed by atoms with Crippen molar-refractivity contribution in [2.75, 3.05) is 29.9 Å². The van der Waals surface area contributed by atoms with Crippen LogP contribution in [0.3, 0.4) is 0 Å². The zero-order chi connectivity index (χ0) is 23.1. The number of anilines is 2. The van der Waals surface area contributed by atoms with Gasteiger partial charge in [0.15, 0.2) is 0 Å². The second kappa shape index (κ2) is 10.3. The number of esters is 1. The van der Waals surface area contributed by atoms with Crippen LogP contribution in [-0.4, -0.2) is 36.6 Å². The van der Waals surface area contributed by atoms with E-state index >= 15 is 0 Å². The number of amides is 1. The van der Waals surface area contributed by atoms with Gasteiger partial charge in [-0.05, 0) is 55.7 Å². The maximum absolute atomic E-state index is 13.3. The molecule has 1 fully saturated rings. The molecule has 1 aliphatic heterocycles. The Morgan fingerprint density at radius 3 is 2.69 bits per heavy atom. The first-order valence-electron chi connectivity index (χ1n) is 10.3. The topological polar surface area (TPSA) is 71.5 Å². The number of benzene rings is 1. The van der Waals surface area contributed by atoms with Crippen molar-refractivity contribution < 1.29 is 27.5 Å². The number of alkyl halides is 3. The van der Waals surface area contributed by atoms with Crippen molar-refractivity contribution in [2.24, 2.45) is 5.92 Å². The molecule has 1 N–H and O–H groups in total. The number of aromatic nitrogens is 1. The quantitative estimate of drug-likeness (QED) is 0.520. The van der Waals surface area contributed by atoms with E-state index in [1.54, 1.807) is 37.3 Å². The van der Waals surface area contributed by atoms with Gasteiger partial charge in [-0.3, -0.25) is 4.79 Å². The maximum atomic E-state index is 13.3. The van der Waals surface area contributed by atoms with Gasteiger partial charge in [0.2, 0.25) is 5.91 Å². The standard InChI is InChI=1S/C23H24F3N3O3/c1-2-32-20(30)12-9-16-7-10-18(11-8-16)28-22(31)17-5-4-14-29(15-17)21-19(23(24,25)26)6-3-13-27-21/h3,6-13,17H,2,4-5,14-15H2,1H3,(H,28,31)/b12-9+. The molecule has 0 radical (unpaired) electrons. The fourth-order valence-electron chi connectivity index (χ4n) is 3.53. The summed E-state index contributed by atoms with van der Waals surface area (Å²) < 4.78 is 44.8. The highest BCUT2D eigenvalue weighted by atomic mass is 19.4. The molecular weight excluding hydrogens is 423 g/mol. The molecule has 170 valence electrons. The number of carbonyl (C=O) groups is 2. The predicted molar refractivity (Wildman–Crippen MR) is 115 cm³/mol. The Morgan fingerprint density at radius 2 is 2.00 bits per heavy atom. The molecule has 32 heavy (non-hydrogen) atoms. The van der Waals surface area contributed by atoms with Crippen LogP contribution in [0.1, 0.15) is 30.9 Å². The van der Waals surface area contributed by atoms with Crippen molar-refractivity contribution in [1.29, 1.82) is 0 Å². The molecule has 6 nitrogen and oxygen atoms in total. The third-order valence-electron chi connectivity index (χ3n) is 5.06. The van der Waals surface area contributed by atoms with E-state index in [-0.39, 0.29) is 18.3 Å². The fourth-order valence-corrected chi connectivity index (χ4v) is 3.53. The third kappa shape index (κ3) is 6.09. The lowest BCUT2D eigenvalue weighted by molar-refractivity contribution is -0.138. The van der Waals surface area contributed by atoms with Gasteiger partial charge in [0, 0.05) is 31.0 Å². The first-order valence-corrected chi connectivity index (χ1v) is 10.3. The summed E-state index contributed by atoms with van der Waals surface area (Å²) in [6, 6.07) is 9.13. The molecule has 1 aromatic heterocycles. The lowest BCUT2D eigenvalue weighted by atomic mass is 9.96. The van der Waals surface area contributed by atoms with Crippen molar-refractivity contribution in [3.8, 4) is 0 Å². The summed E-state index contributed by atoms with van der Waals surface area (Å²) in [5.41, 5.74) is 0.525. The maximum Gasteiger partial charge on any atom is 0.419 e. The highest BCUT2D eigenvalue weighted by Crippen LogP contribution is 2.36. The Morgan fingerprint density at radius 1 is 1.25 bits per heavy atom. The summed E-state index contributed by atoms with van der Waals surface area (Å²) in [5, 5.41) is 2.82. The van der Waals surface area contributed by atoms with Gasteiger partial charge >= 0.3 is 12.1 Å². The molecular formula is C23H24F3N3O3. The van der Waals surface area contributed by atoms with Gasteiger partial charge in [-0.1, -0.05) is 12.1 Å². The van der Waals surface area contributed by atoms with E-state index in [1.807, 2.05) is 0 Å². The minimum Gasteiger partial charge on any atom is -0.463 e. The molecule has 0 aliphatic carbocycles. The van der Waals surface area contributed by atoms with E-state index < -0.39 is 23.6 Å².